The molecule has 2 aromatic heterocycles. The van der Waals surface area contributed by atoms with Crippen LogP contribution in [0, 0.1) is 0 Å². The minimum atomic E-state index is -0.162. The van der Waals surface area contributed by atoms with E-state index >= 15 is 0 Å². The lowest BCUT2D eigenvalue weighted by Gasteiger charge is -2.31. The summed E-state index contributed by atoms with van der Waals surface area (Å²) in [4.78, 5) is 4.79. The summed E-state index contributed by atoms with van der Waals surface area (Å²) in [5, 5.41) is 4.64. The van der Waals surface area contributed by atoms with Crippen molar-refractivity contribution in [1.29, 1.82) is 0 Å². The summed E-state index contributed by atoms with van der Waals surface area (Å²) >= 11 is 0. The van der Waals surface area contributed by atoms with Gasteiger partial charge in [-0.05, 0) is 137 Å². The molecule has 0 unspecified atom stereocenters. The Morgan fingerprint density at radius 2 is 0.910 bits per heavy atom. The maximum absolute atomic E-state index is 6.54. The van der Waals surface area contributed by atoms with E-state index < -0.39 is 0 Å². The molecule has 4 nitrogen and oxygen atoms in total. The summed E-state index contributed by atoms with van der Waals surface area (Å²) in [6.07, 6.45) is 0. The van der Waals surface area contributed by atoms with Crippen molar-refractivity contribution in [3.8, 4) is 27.9 Å². The van der Waals surface area contributed by atoms with Crippen LogP contribution in [0.1, 0.15) is 25.0 Å². The lowest BCUT2D eigenvalue weighted by Crippen LogP contribution is -2.17. The van der Waals surface area contributed by atoms with Gasteiger partial charge in [-0.25, -0.2) is 0 Å². The van der Waals surface area contributed by atoms with Crippen molar-refractivity contribution in [3.05, 3.63) is 248 Å². The second-order valence-corrected chi connectivity index (χ2v) is 18.2. The number of furan rings is 1. The quantitative estimate of drug-likeness (QED) is 0.152. The Hall–Kier alpha value is -8.60. The van der Waals surface area contributed by atoms with Crippen LogP contribution in [0.2, 0.25) is 0 Å². The normalized spacial score (nSPS) is 12.7. The fraction of sp³-hybridized carbons (Fsp3) is 0.0476. The van der Waals surface area contributed by atoms with Crippen molar-refractivity contribution >= 4 is 77.9 Å². The molecule has 1 aliphatic rings. The Morgan fingerprint density at radius 3 is 1.66 bits per heavy atom. The maximum Gasteiger partial charge on any atom is 0.137 e. The van der Waals surface area contributed by atoms with Gasteiger partial charge in [0.15, 0.2) is 0 Å². The average Bonchev–Trinajstić information content (AvgIpc) is 3.99. The Labute approximate surface area is 389 Å². The molecule has 0 bridgehead atoms. The fourth-order valence-electron chi connectivity index (χ4n) is 10.8. The zero-order valence-corrected chi connectivity index (χ0v) is 37.3. The van der Waals surface area contributed by atoms with Crippen molar-refractivity contribution < 1.29 is 4.42 Å². The number of fused-ring (bicyclic) bond motifs is 9. The Kier molecular flexibility index (Phi) is 8.84. The summed E-state index contributed by atoms with van der Waals surface area (Å²) < 4.78 is 8.92. The van der Waals surface area contributed by atoms with Crippen molar-refractivity contribution in [2.45, 2.75) is 19.3 Å². The van der Waals surface area contributed by atoms with Gasteiger partial charge in [0.25, 0.3) is 0 Å². The van der Waals surface area contributed by atoms with Crippen LogP contribution in [0.25, 0.3) is 71.7 Å². The van der Waals surface area contributed by atoms with Gasteiger partial charge >= 0.3 is 0 Å². The number of anilines is 6. The van der Waals surface area contributed by atoms with E-state index in [4.69, 9.17) is 4.42 Å². The molecule has 0 aliphatic heterocycles. The van der Waals surface area contributed by atoms with Gasteiger partial charge in [-0.15, -0.1) is 0 Å². The van der Waals surface area contributed by atoms with Gasteiger partial charge in [-0.3, -0.25) is 0 Å². The lowest BCUT2D eigenvalue weighted by atomic mass is 9.82. The van der Waals surface area contributed by atoms with Crippen molar-refractivity contribution in [2.75, 3.05) is 9.80 Å². The smallest absolute Gasteiger partial charge is 0.137 e. The first-order valence-corrected chi connectivity index (χ1v) is 23.1. The largest absolute Gasteiger partial charge is 0.456 e. The van der Waals surface area contributed by atoms with Crippen LogP contribution in [0.5, 0.6) is 0 Å². The fourth-order valence-corrected chi connectivity index (χ4v) is 10.8. The Bertz CT molecular complexity index is 3850. The lowest BCUT2D eigenvalue weighted by molar-refractivity contribution is 0.660. The van der Waals surface area contributed by atoms with Gasteiger partial charge in [0, 0.05) is 72.8 Å². The second-order valence-electron chi connectivity index (χ2n) is 18.2. The molecule has 0 amide bonds. The molecule has 12 aromatic rings. The summed E-state index contributed by atoms with van der Waals surface area (Å²) in [7, 11) is 0. The van der Waals surface area contributed by atoms with E-state index in [-0.39, 0.29) is 5.41 Å². The van der Waals surface area contributed by atoms with Gasteiger partial charge in [0.2, 0.25) is 0 Å². The molecule has 0 atom stereocenters. The van der Waals surface area contributed by atoms with Gasteiger partial charge in [0.05, 0.1) is 11.0 Å². The van der Waals surface area contributed by atoms with Crippen LogP contribution in [-0.4, -0.2) is 4.57 Å². The summed E-state index contributed by atoms with van der Waals surface area (Å²) in [5.41, 5.74) is 18.9. The summed E-state index contributed by atoms with van der Waals surface area (Å²) in [6, 6.07) is 85.8. The second kappa shape index (κ2) is 15.3. The maximum atomic E-state index is 6.54. The van der Waals surface area contributed by atoms with Gasteiger partial charge < -0.3 is 18.8 Å². The highest BCUT2D eigenvalue weighted by Gasteiger charge is 2.36. The van der Waals surface area contributed by atoms with E-state index in [2.05, 4.69) is 253 Å². The van der Waals surface area contributed by atoms with Crippen LogP contribution in [0.4, 0.5) is 34.1 Å². The van der Waals surface area contributed by atoms with Gasteiger partial charge in [-0.2, -0.15) is 0 Å². The molecule has 0 spiro atoms. The van der Waals surface area contributed by atoms with Crippen LogP contribution in [0.3, 0.4) is 0 Å². The summed E-state index contributed by atoms with van der Waals surface area (Å²) in [5.74, 6) is 0. The van der Waals surface area contributed by atoms with Crippen molar-refractivity contribution in [1.82, 2.24) is 4.57 Å². The highest BCUT2D eigenvalue weighted by molar-refractivity contribution is 6.11. The molecule has 0 saturated carbocycles. The molecule has 318 valence electrons. The summed E-state index contributed by atoms with van der Waals surface area (Å²) in [6.45, 7) is 4.71. The van der Waals surface area contributed by atoms with E-state index in [9.17, 15) is 0 Å². The van der Waals surface area contributed by atoms with Crippen LogP contribution in [0.15, 0.2) is 241 Å². The third-order valence-electron chi connectivity index (χ3n) is 13.9. The highest BCUT2D eigenvalue weighted by Crippen LogP contribution is 2.51. The monoisotopic (exact) mass is 859 g/mol. The zero-order chi connectivity index (χ0) is 44.6. The number of rotatable bonds is 8. The van der Waals surface area contributed by atoms with Crippen LogP contribution in [-0.2, 0) is 5.41 Å². The molecular weight excluding hydrogens is 815 g/mol. The van der Waals surface area contributed by atoms with Crippen molar-refractivity contribution in [2.24, 2.45) is 0 Å². The van der Waals surface area contributed by atoms with E-state index in [0.717, 1.165) is 72.9 Å². The number of hydrogen-bond donors (Lipinski definition) is 0. The molecule has 67 heavy (non-hydrogen) atoms. The molecule has 0 radical (unpaired) electrons. The zero-order valence-electron chi connectivity index (χ0n) is 37.3. The number of benzene rings is 10. The Morgan fingerprint density at radius 1 is 0.343 bits per heavy atom. The topological polar surface area (TPSA) is 24.6 Å². The first-order chi connectivity index (χ1) is 33.0. The predicted octanol–water partition coefficient (Wildman–Crippen LogP) is 17.6. The third-order valence-corrected chi connectivity index (χ3v) is 13.9. The first-order valence-electron chi connectivity index (χ1n) is 23.1. The number of aromatic nitrogens is 1. The number of nitrogens with zero attached hydrogens (tertiary/aromatic N) is 3. The Balaban J connectivity index is 1.07. The van der Waals surface area contributed by atoms with E-state index in [1.54, 1.807) is 0 Å². The number of hydrogen-bond acceptors (Lipinski definition) is 3. The average molecular weight is 860 g/mol. The number of para-hydroxylation sites is 5. The molecule has 2 heterocycles. The minimum Gasteiger partial charge on any atom is -0.456 e. The van der Waals surface area contributed by atoms with E-state index in [1.807, 2.05) is 12.1 Å². The van der Waals surface area contributed by atoms with E-state index in [0.29, 0.717) is 0 Å². The van der Waals surface area contributed by atoms with Crippen LogP contribution >= 0.6 is 0 Å². The first kappa shape index (κ1) is 38.8. The molecule has 0 N–H and O–H groups in total. The molecule has 0 saturated heterocycles. The molecule has 1 aliphatic carbocycles. The van der Waals surface area contributed by atoms with Gasteiger partial charge in [-0.1, -0.05) is 141 Å². The molecular formula is C63H45N3O. The molecule has 0 fully saturated rings. The van der Waals surface area contributed by atoms with Gasteiger partial charge in [0.1, 0.15) is 11.2 Å². The standard InChI is InChI=1S/C63H45N3O/c1-63(2)57-27-15-12-24-51(57)52-33-31-47(40-58(52)63)64(44-18-6-3-7-19-44)49-36-43(42-30-35-60-56(38-42)53-25-13-16-28-59(53)66(60)46-22-10-5-11-23-46)37-50(39-49)65(45-20-8-4-9-21-45)48-32-34-55-54-26-14-17-29-61(54)67-62(55)41-48/h3-41H,1-2H3. The third kappa shape index (κ3) is 6.29. The molecule has 4 heteroatoms. The SMILES string of the molecule is CC1(C)c2ccccc2-c2ccc(N(c3ccccc3)c3cc(-c4ccc5c(c4)c4ccccc4n5-c4ccccc4)cc(N(c4ccccc4)c4ccc5c(c4)oc4ccccc45)c3)cc21. The van der Waals surface area contributed by atoms with Crippen LogP contribution < -0.4 is 9.80 Å². The van der Waals surface area contributed by atoms with Crippen molar-refractivity contribution in [3.63, 3.8) is 0 Å². The predicted molar refractivity (Wildman–Crippen MR) is 280 cm³/mol. The highest BCUT2D eigenvalue weighted by atomic mass is 16.3. The molecule has 13 rings (SSSR count). The van der Waals surface area contributed by atoms with E-state index in [1.165, 1.54) is 44.1 Å². The molecule has 10 aromatic carbocycles. The minimum absolute atomic E-state index is 0.162.